The van der Waals surface area contributed by atoms with Crippen molar-refractivity contribution in [2.45, 2.75) is 12.8 Å². The minimum atomic E-state index is -0.535. The molecule has 0 aromatic heterocycles. The van der Waals surface area contributed by atoms with Gasteiger partial charge in [-0.15, -0.1) is 0 Å². The van der Waals surface area contributed by atoms with E-state index < -0.39 is 11.6 Å². The highest BCUT2D eigenvalue weighted by Gasteiger charge is 2.15. The molecule has 0 saturated carbocycles. The second-order valence-corrected chi connectivity index (χ2v) is 5.06. The first-order chi connectivity index (χ1) is 8.16. The van der Waals surface area contributed by atoms with Gasteiger partial charge < -0.3 is 10.1 Å². The molecular weight excluding hydrogens is 292 g/mol. The van der Waals surface area contributed by atoms with E-state index in [4.69, 9.17) is 4.74 Å². The van der Waals surface area contributed by atoms with Gasteiger partial charge >= 0.3 is 0 Å². The Labute approximate surface area is 107 Å². The van der Waals surface area contributed by atoms with Crippen LogP contribution in [-0.4, -0.2) is 19.7 Å². The van der Waals surface area contributed by atoms with E-state index in [0.717, 1.165) is 38.1 Å². The first kappa shape index (κ1) is 12.8. The summed E-state index contributed by atoms with van der Waals surface area (Å²) in [6, 6.07) is 2.17. The third-order valence-corrected chi connectivity index (χ3v) is 3.52. The SMILES string of the molecule is Fc1cc(OCC2CCNCC2)c(F)cc1Br. The fourth-order valence-electron chi connectivity index (χ4n) is 1.87. The lowest BCUT2D eigenvalue weighted by Crippen LogP contribution is -2.30. The molecule has 1 aliphatic heterocycles. The van der Waals surface area contributed by atoms with E-state index in [1.54, 1.807) is 0 Å². The zero-order valence-electron chi connectivity index (χ0n) is 9.31. The molecule has 0 bridgehead atoms. The summed E-state index contributed by atoms with van der Waals surface area (Å²) in [7, 11) is 0. The van der Waals surface area contributed by atoms with Crippen molar-refractivity contribution in [3.05, 3.63) is 28.2 Å². The lowest BCUT2D eigenvalue weighted by atomic mass is 9.99. The monoisotopic (exact) mass is 305 g/mol. The van der Waals surface area contributed by atoms with E-state index in [2.05, 4.69) is 21.2 Å². The van der Waals surface area contributed by atoms with E-state index in [9.17, 15) is 8.78 Å². The molecule has 1 fully saturated rings. The predicted octanol–water partition coefficient (Wildman–Crippen LogP) is 3.11. The van der Waals surface area contributed by atoms with Crippen molar-refractivity contribution in [2.75, 3.05) is 19.7 Å². The Morgan fingerprint density at radius 3 is 2.65 bits per heavy atom. The van der Waals surface area contributed by atoms with Crippen molar-refractivity contribution >= 4 is 15.9 Å². The van der Waals surface area contributed by atoms with Gasteiger partial charge in [0, 0.05) is 6.07 Å². The second-order valence-electron chi connectivity index (χ2n) is 4.20. The maximum absolute atomic E-state index is 13.5. The molecule has 1 aromatic rings. The Kier molecular flexibility index (Phi) is 4.34. The van der Waals surface area contributed by atoms with Gasteiger partial charge in [0.1, 0.15) is 5.82 Å². The molecule has 5 heteroatoms. The molecule has 0 atom stereocenters. The molecule has 2 rings (SSSR count). The van der Waals surface area contributed by atoms with Gasteiger partial charge in [0.2, 0.25) is 0 Å². The Morgan fingerprint density at radius 1 is 1.24 bits per heavy atom. The van der Waals surface area contributed by atoms with Gasteiger partial charge in [-0.25, -0.2) is 8.78 Å². The van der Waals surface area contributed by atoms with Crippen molar-refractivity contribution in [2.24, 2.45) is 5.92 Å². The Morgan fingerprint density at radius 2 is 1.94 bits per heavy atom. The topological polar surface area (TPSA) is 21.3 Å². The number of halogens is 3. The minimum Gasteiger partial charge on any atom is -0.490 e. The lowest BCUT2D eigenvalue weighted by molar-refractivity contribution is 0.207. The van der Waals surface area contributed by atoms with Crippen molar-refractivity contribution in [3.63, 3.8) is 0 Å². The van der Waals surface area contributed by atoms with E-state index in [-0.39, 0.29) is 10.2 Å². The van der Waals surface area contributed by atoms with Crippen LogP contribution in [-0.2, 0) is 0 Å². The van der Waals surface area contributed by atoms with E-state index >= 15 is 0 Å². The van der Waals surface area contributed by atoms with Gasteiger partial charge in [-0.05, 0) is 53.8 Å². The summed E-state index contributed by atoms with van der Waals surface area (Å²) in [4.78, 5) is 0. The average Bonchev–Trinajstić information content (AvgIpc) is 2.33. The largest absolute Gasteiger partial charge is 0.490 e. The summed E-state index contributed by atoms with van der Waals surface area (Å²) in [5.41, 5.74) is 0. The van der Waals surface area contributed by atoms with Crippen molar-refractivity contribution in [3.8, 4) is 5.75 Å². The summed E-state index contributed by atoms with van der Waals surface area (Å²) in [6.07, 6.45) is 2.03. The quantitative estimate of drug-likeness (QED) is 0.867. The first-order valence-corrected chi connectivity index (χ1v) is 6.44. The second kappa shape index (κ2) is 5.78. The molecule has 2 nitrogen and oxygen atoms in total. The van der Waals surface area contributed by atoms with Gasteiger partial charge in [-0.2, -0.15) is 0 Å². The van der Waals surface area contributed by atoms with Crippen LogP contribution in [0.1, 0.15) is 12.8 Å². The van der Waals surface area contributed by atoms with Crippen LogP contribution in [0.25, 0.3) is 0 Å². The summed E-state index contributed by atoms with van der Waals surface area (Å²) < 4.78 is 32.1. The molecule has 1 saturated heterocycles. The Bertz CT molecular complexity index is 394. The molecule has 0 radical (unpaired) electrons. The molecule has 1 N–H and O–H groups in total. The number of benzene rings is 1. The number of hydrogen-bond acceptors (Lipinski definition) is 2. The van der Waals surface area contributed by atoms with E-state index in [0.29, 0.717) is 12.5 Å². The molecule has 94 valence electrons. The highest BCUT2D eigenvalue weighted by molar-refractivity contribution is 9.10. The third kappa shape index (κ3) is 3.39. The molecule has 0 spiro atoms. The van der Waals surface area contributed by atoms with Crippen LogP contribution >= 0.6 is 15.9 Å². The van der Waals surface area contributed by atoms with Crippen LogP contribution in [0.15, 0.2) is 16.6 Å². The first-order valence-electron chi connectivity index (χ1n) is 5.65. The molecule has 0 unspecified atom stereocenters. The van der Waals surface area contributed by atoms with Crippen LogP contribution in [0.2, 0.25) is 0 Å². The zero-order chi connectivity index (χ0) is 12.3. The summed E-state index contributed by atoms with van der Waals surface area (Å²) in [5, 5.41) is 3.25. The molecule has 0 amide bonds. The fourth-order valence-corrected chi connectivity index (χ4v) is 2.19. The third-order valence-electron chi connectivity index (χ3n) is 2.91. The number of hydrogen-bond donors (Lipinski definition) is 1. The number of piperidine rings is 1. The van der Waals surface area contributed by atoms with Gasteiger partial charge in [-0.3, -0.25) is 0 Å². The van der Waals surface area contributed by atoms with Gasteiger partial charge in [-0.1, -0.05) is 0 Å². The molecular formula is C12H14BrF2NO. The van der Waals surface area contributed by atoms with Crippen molar-refractivity contribution in [1.29, 1.82) is 0 Å². The minimum absolute atomic E-state index is 0.00997. The summed E-state index contributed by atoms with van der Waals surface area (Å²) in [6.45, 7) is 2.37. The van der Waals surface area contributed by atoms with Gasteiger partial charge in [0.05, 0.1) is 11.1 Å². The van der Waals surface area contributed by atoms with Crippen molar-refractivity contribution < 1.29 is 13.5 Å². The van der Waals surface area contributed by atoms with Crippen LogP contribution in [0.4, 0.5) is 8.78 Å². The summed E-state index contributed by atoms with van der Waals surface area (Å²) in [5.74, 6) is -0.634. The highest BCUT2D eigenvalue weighted by Crippen LogP contribution is 2.26. The number of rotatable bonds is 3. The fraction of sp³-hybridized carbons (Fsp3) is 0.500. The van der Waals surface area contributed by atoms with Crippen LogP contribution in [0.5, 0.6) is 5.75 Å². The van der Waals surface area contributed by atoms with E-state index in [1.807, 2.05) is 0 Å². The molecule has 17 heavy (non-hydrogen) atoms. The Balaban J connectivity index is 1.96. The molecule has 1 heterocycles. The maximum atomic E-state index is 13.5. The zero-order valence-corrected chi connectivity index (χ0v) is 10.9. The van der Waals surface area contributed by atoms with Gasteiger partial charge in [0.15, 0.2) is 11.6 Å². The standard InChI is InChI=1S/C12H14BrF2NO/c13-9-5-11(15)12(6-10(9)14)17-7-8-1-3-16-4-2-8/h5-6,8,16H,1-4,7H2. The lowest BCUT2D eigenvalue weighted by Gasteiger charge is -2.22. The van der Waals surface area contributed by atoms with Crippen LogP contribution in [0, 0.1) is 17.6 Å². The maximum Gasteiger partial charge on any atom is 0.166 e. The van der Waals surface area contributed by atoms with E-state index in [1.165, 1.54) is 0 Å². The highest BCUT2D eigenvalue weighted by atomic mass is 79.9. The predicted molar refractivity (Wildman–Crippen MR) is 65.1 cm³/mol. The number of nitrogens with one attached hydrogen (secondary N) is 1. The van der Waals surface area contributed by atoms with Gasteiger partial charge in [0.25, 0.3) is 0 Å². The normalized spacial score (nSPS) is 17.1. The molecule has 1 aromatic carbocycles. The Hall–Kier alpha value is -0.680. The van der Waals surface area contributed by atoms with Crippen LogP contribution < -0.4 is 10.1 Å². The smallest absolute Gasteiger partial charge is 0.166 e. The van der Waals surface area contributed by atoms with Crippen molar-refractivity contribution in [1.82, 2.24) is 5.32 Å². The molecule has 0 aliphatic carbocycles. The summed E-state index contributed by atoms with van der Waals surface area (Å²) >= 11 is 2.93. The molecule has 1 aliphatic rings. The number of ether oxygens (including phenoxy) is 1. The average molecular weight is 306 g/mol. The van der Waals surface area contributed by atoms with Crippen LogP contribution in [0.3, 0.4) is 0 Å².